The minimum atomic E-state index is 0.808. The minimum Gasteiger partial charge on any atom is -0.327 e. The molecule has 2 rings (SSSR count). The number of nitrogens with one attached hydrogen (secondary N) is 1. The highest BCUT2D eigenvalue weighted by molar-refractivity contribution is 5.26. The van der Waals surface area contributed by atoms with Gasteiger partial charge in [0.05, 0.1) is 11.4 Å². The lowest BCUT2D eigenvalue weighted by atomic mass is 10.3. The summed E-state index contributed by atoms with van der Waals surface area (Å²) in [5.74, 6) is 0.808. The van der Waals surface area contributed by atoms with Gasteiger partial charge in [-0.15, -0.1) is 0 Å². The van der Waals surface area contributed by atoms with E-state index in [1.54, 1.807) is 0 Å². The summed E-state index contributed by atoms with van der Waals surface area (Å²) in [5.41, 5.74) is 4.28. The molecular formula is C11H15N4. The zero-order chi connectivity index (χ0) is 11.0. The lowest BCUT2D eigenvalue weighted by Gasteiger charge is -2.01. The Kier molecular flexibility index (Phi) is 2.34. The Hall–Kier alpha value is -1.58. The minimum absolute atomic E-state index is 0.808. The smallest absolute Gasteiger partial charge is 0.213 e. The van der Waals surface area contributed by atoms with Crippen molar-refractivity contribution in [3.8, 4) is 5.95 Å². The molecule has 0 saturated carbocycles. The lowest BCUT2D eigenvalue weighted by Crippen LogP contribution is -2.01. The maximum Gasteiger partial charge on any atom is 0.213 e. The summed E-state index contributed by atoms with van der Waals surface area (Å²) in [4.78, 5) is 11.8. The molecule has 1 N–H and O–H groups in total. The third-order valence-corrected chi connectivity index (χ3v) is 2.67. The van der Waals surface area contributed by atoms with Gasteiger partial charge in [-0.3, -0.25) is 4.57 Å². The highest BCUT2D eigenvalue weighted by Gasteiger charge is 2.11. The Morgan fingerprint density at radius 3 is 2.53 bits per heavy atom. The molecule has 2 aromatic heterocycles. The number of imidazole rings is 2. The van der Waals surface area contributed by atoms with Crippen molar-refractivity contribution >= 4 is 0 Å². The van der Waals surface area contributed by atoms with E-state index < -0.39 is 0 Å². The highest BCUT2D eigenvalue weighted by atomic mass is 15.2. The molecule has 79 valence electrons. The van der Waals surface area contributed by atoms with E-state index in [2.05, 4.69) is 28.2 Å². The number of aromatic amines is 1. The predicted molar refractivity (Wildman–Crippen MR) is 58.1 cm³/mol. The number of rotatable bonds is 2. The molecule has 0 bridgehead atoms. The van der Waals surface area contributed by atoms with E-state index in [0.29, 0.717) is 0 Å². The van der Waals surface area contributed by atoms with Gasteiger partial charge in [0, 0.05) is 11.4 Å². The molecule has 2 aromatic rings. The van der Waals surface area contributed by atoms with Gasteiger partial charge in [0.2, 0.25) is 5.95 Å². The van der Waals surface area contributed by atoms with Gasteiger partial charge < -0.3 is 4.98 Å². The molecule has 0 fully saturated rings. The number of H-pyrrole nitrogens is 1. The molecule has 0 spiro atoms. The normalized spacial score (nSPS) is 10.9. The maximum atomic E-state index is 4.44. The molecule has 0 aliphatic rings. The molecule has 4 nitrogen and oxygen atoms in total. The van der Waals surface area contributed by atoms with Crippen LogP contribution in [-0.2, 0) is 6.42 Å². The van der Waals surface area contributed by atoms with Crippen LogP contribution in [0.1, 0.15) is 29.7 Å². The van der Waals surface area contributed by atoms with Crippen LogP contribution in [0.3, 0.4) is 0 Å². The first-order valence-electron chi connectivity index (χ1n) is 5.13. The molecule has 0 aliphatic heterocycles. The first kappa shape index (κ1) is 9.96. The first-order chi connectivity index (χ1) is 7.13. The van der Waals surface area contributed by atoms with Crippen LogP contribution in [0.15, 0.2) is 0 Å². The third kappa shape index (κ3) is 1.56. The van der Waals surface area contributed by atoms with E-state index in [4.69, 9.17) is 0 Å². The summed E-state index contributed by atoms with van der Waals surface area (Å²) < 4.78 is 1.90. The number of aromatic nitrogens is 4. The van der Waals surface area contributed by atoms with Crippen LogP contribution in [0.5, 0.6) is 0 Å². The van der Waals surface area contributed by atoms with E-state index in [-0.39, 0.29) is 0 Å². The molecule has 15 heavy (non-hydrogen) atoms. The van der Waals surface area contributed by atoms with E-state index in [0.717, 1.165) is 35.1 Å². The van der Waals surface area contributed by atoms with Gasteiger partial charge in [-0.2, -0.15) is 0 Å². The second-order valence-electron chi connectivity index (χ2n) is 3.70. The van der Waals surface area contributed by atoms with Crippen LogP contribution >= 0.6 is 0 Å². The average molecular weight is 203 g/mol. The van der Waals surface area contributed by atoms with Gasteiger partial charge in [-0.25, -0.2) is 9.97 Å². The monoisotopic (exact) mass is 203 g/mol. The summed E-state index contributed by atoms with van der Waals surface area (Å²) >= 11 is 0. The Morgan fingerprint density at radius 1 is 1.27 bits per heavy atom. The van der Waals surface area contributed by atoms with E-state index >= 15 is 0 Å². The van der Waals surface area contributed by atoms with Crippen molar-refractivity contribution in [1.29, 1.82) is 0 Å². The molecule has 0 unspecified atom stereocenters. The van der Waals surface area contributed by atoms with Crippen molar-refractivity contribution in [2.75, 3.05) is 0 Å². The van der Waals surface area contributed by atoms with Gasteiger partial charge in [0.25, 0.3) is 0 Å². The van der Waals surface area contributed by atoms with E-state index in [1.807, 2.05) is 25.3 Å². The second kappa shape index (κ2) is 3.53. The van der Waals surface area contributed by atoms with Crippen LogP contribution in [-0.4, -0.2) is 19.5 Å². The molecule has 0 atom stereocenters. The predicted octanol–water partition coefficient (Wildman–Crippen LogP) is 1.88. The van der Waals surface area contributed by atoms with Crippen LogP contribution in [0.2, 0.25) is 0 Å². The fraction of sp³-hybridized carbons (Fsp3) is 0.455. The summed E-state index contributed by atoms with van der Waals surface area (Å²) in [6, 6.07) is 0. The van der Waals surface area contributed by atoms with Crippen LogP contribution in [0.4, 0.5) is 0 Å². The zero-order valence-electron chi connectivity index (χ0n) is 9.55. The standard InChI is InChI=1S/C11H15N4/c1-5-10-9(4)12-6-15(10)11-13-7(2)8(3)14-11/h5H2,1-4H3,(H,13,14). The number of hydrogen-bond donors (Lipinski definition) is 1. The number of hydrogen-bond acceptors (Lipinski definition) is 2. The van der Waals surface area contributed by atoms with Gasteiger partial charge >= 0.3 is 0 Å². The van der Waals surface area contributed by atoms with Crippen molar-refractivity contribution in [3.05, 3.63) is 29.1 Å². The topological polar surface area (TPSA) is 46.5 Å². The number of nitrogens with zero attached hydrogens (tertiary/aromatic N) is 3. The SMILES string of the molecule is CCc1c(C)n[c]n1-c1nc(C)c(C)[nH]1. The van der Waals surface area contributed by atoms with Gasteiger partial charge in [0.1, 0.15) is 0 Å². The first-order valence-corrected chi connectivity index (χ1v) is 5.13. The van der Waals surface area contributed by atoms with Gasteiger partial charge in [-0.1, -0.05) is 6.92 Å². The Labute approximate surface area is 89.4 Å². The van der Waals surface area contributed by atoms with Crippen molar-refractivity contribution in [2.24, 2.45) is 0 Å². The molecule has 0 amide bonds. The second-order valence-corrected chi connectivity index (χ2v) is 3.70. The largest absolute Gasteiger partial charge is 0.327 e. The van der Waals surface area contributed by atoms with Crippen LogP contribution in [0, 0.1) is 27.1 Å². The summed E-state index contributed by atoms with van der Waals surface area (Å²) in [5, 5.41) is 0. The summed E-state index contributed by atoms with van der Waals surface area (Å²) in [6.07, 6.45) is 3.89. The van der Waals surface area contributed by atoms with Crippen molar-refractivity contribution < 1.29 is 0 Å². The van der Waals surface area contributed by atoms with Gasteiger partial charge in [0.15, 0.2) is 6.33 Å². The molecule has 1 radical (unpaired) electrons. The highest BCUT2D eigenvalue weighted by Crippen LogP contribution is 2.13. The maximum absolute atomic E-state index is 4.44. The van der Waals surface area contributed by atoms with E-state index in [1.165, 1.54) is 0 Å². The quantitative estimate of drug-likeness (QED) is 0.810. The van der Waals surface area contributed by atoms with Crippen LogP contribution < -0.4 is 0 Å². The third-order valence-electron chi connectivity index (χ3n) is 2.67. The molecule has 0 aliphatic carbocycles. The molecule has 0 saturated heterocycles. The fourth-order valence-electron chi connectivity index (χ4n) is 1.64. The van der Waals surface area contributed by atoms with Gasteiger partial charge in [-0.05, 0) is 27.2 Å². The molecular weight excluding hydrogens is 188 g/mol. The van der Waals surface area contributed by atoms with E-state index in [9.17, 15) is 0 Å². The Morgan fingerprint density at radius 2 is 2.00 bits per heavy atom. The average Bonchev–Trinajstić information content (AvgIpc) is 2.71. The van der Waals surface area contributed by atoms with Crippen molar-refractivity contribution in [3.63, 3.8) is 0 Å². The zero-order valence-corrected chi connectivity index (χ0v) is 9.55. The molecule has 0 aromatic carbocycles. The van der Waals surface area contributed by atoms with Crippen molar-refractivity contribution in [1.82, 2.24) is 19.5 Å². The molecule has 2 heterocycles. The lowest BCUT2D eigenvalue weighted by molar-refractivity contribution is 0.865. The van der Waals surface area contributed by atoms with Crippen molar-refractivity contribution in [2.45, 2.75) is 34.1 Å². The fourth-order valence-corrected chi connectivity index (χ4v) is 1.64. The van der Waals surface area contributed by atoms with Crippen LogP contribution in [0.25, 0.3) is 5.95 Å². The summed E-state index contributed by atoms with van der Waals surface area (Å²) in [6.45, 7) is 8.11. The molecule has 4 heteroatoms. The Bertz CT molecular complexity index is 459. The summed E-state index contributed by atoms with van der Waals surface area (Å²) in [7, 11) is 0. The number of aryl methyl sites for hydroxylation is 3. The Balaban J connectivity index is 2.53.